The Bertz CT molecular complexity index is 756. The highest BCUT2D eigenvalue weighted by Gasteiger charge is 2.37. The highest BCUT2D eigenvalue weighted by Crippen LogP contribution is 2.32. The average Bonchev–Trinajstić information content (AvgIpc) is 3.24. The quantitative estimate of drug-likeness (QED) is 0.902. The number of urea groups is 1. The van der Waals surface area contributed by atoms with Crippen molar-refractivity contribution in [1.29, 1.82) is 0 Å². The van der Waals surface area contributed by atoms with Crippen molar-refractivity contribution < 1.29 is 4.79 Å². The van der Waals surface area contributed by atoms with E-state index in [1.165, 1.54) is 17.5 Å². The third-order valence-corrected chi connectivity index (χ3v) is 5.68. The second kappa shape index (κ2) is 6.41. The van der Waals surface area contributed by atoms with E-state index < -0.39 is 0 Å². The minimum atomic E-state index is 0.162. The van der Waals surface area contributed by atoms with Gasteiger partial charge >= 0.3 is 6.03 Å². The van der Waals surface area contributed by atoms with E-state index >= 15 is 0 Å². The van der Waals surface area contributed by atoms with E-state index in [0.717, 1.165) is 38.4 Å². The van der Waals surface area contributed by atoms with Crippen molar-refractivity contribution in [2.75, 3.05) is 26.2 Å². The monoisotopic (exact) mass is 353 g/mol. The second-order valence-electron chi connectivity index (χ2n) is 8.56. The lowest BCUT2D eigenvalue weighted by Gasteiger charge is -2.41. The number of nitrogens with zero attached hydrogens (tertiary/aromatic N) is 4. The van der Waals surface area contributed by atoms with Gasteiger partial charge in [0.2, 0.25) is 0 Å². The average molecular weight is 353 g/mol. The molecule has 1 aromatic heterocycles. The third-order valence-electron chi connectivity index (χ3n) is 5.68. The van der Waals surface area contributed by atoms with Gasteiger partial charge in [-0.25, -0.2) is 9.78 Å². The van der Waals surface area contributed by atoms with Crippen LogP contribution >= 0.6 is 0 Å². The number of carbonyl (C=O) groups excluding carboxylic acids is 1. The number of H-pyrrole nitrogens is 1. The first-order valence-electron chi connectivity index (χ1n) is 9.41. The number of hydrogen-bond donors (Lipinski definition) is 1. The van der Waals surface area contributed by atoms with Crippen LogP contribution in [0.3, 0.4) is 0 Å². The molecule has 3 heterocycles. The number of rotatable bonds is 2. The summed E-state index contributed by atoms with van der Waals surface area (Å²) in [5.41, 5.74) is 2.86. The Morgan fingerprint density at radius 1 is 1.08 bits per heavy atom. The van der Waals surface area contributed by atoms with E-state index in [1.807, 2.05) is 9.80 Å². The summed E-state index contributed by atoms with van der Waals surface area (Å²) in [6.45, 7) is 9.85. The summed E-state index contributed by atoms with van der Waals surface area (Å²) in [4.78, 5) is 20.9. The van der Waals surface area contributed by atoms with Gasteiger partial charge in [-0.3, -0.25) is 5.10 Å². The normalized spacial score (nSPS) is 21.1. The van der Waals surface area contributed by atoms with E-state index in [2.05, 4.69) is 60.2 Å². The smallest absolute Gasteiger partial charge is 0.320 e. The SMILES string of the molecule is CC(C)(C)c1ccc(C2CN(C(=O)N3CCC(c4ncn[nH]4)C3)C2)cc1. The minimum absolute atomic E-state index is 0.162. The van der Waals surface area contributed by atoms with Gasteiger partial charge in [-0.05, 0) is 23.0 Å². The molecular weight excluding hydrogens is 326 g/mol. The van der Waals surface area contributed by atoms with E-state index in [4.69, 9.17) is 0 Å². The van der Waals surface area contributed by atoms with Crippen molar-refractivity contribution in [2.24, 2.45) is 0 Å². The molecule has 0 saturated carbocycles. The summed E-state index contributed by atoms with van der Waals surface area (Å²) in [5.74, 6) is 1.63. The number of amides is 2. The van der Waals surface area contributed by atoms with Gasteiger partial charge in [-0.2, -0.15) is 5.10 Å². The number of likely N-dealkylation sites (tertiary alicyclic amines) is 2. The molecule has 2 aromatic rings. The maximum absolute atomic E-state index is 12.7. The number of aromatic nitrogens is 3. The first kappa shape index (κ1) is 17.1. The van der Waals surface area contributed by atoms with Gasteiger partial charge in [-0.15, -0.1) is 0 Å². The van der Waals surface area contributed by atoms with Crippen LogP contribution in [0.5, 0.6) is 0 Å². The molecule has 1 aromatic carbocycles. The largest absolute Gasteiger partial charge is 0.324 e. The lowest BCUT2D eigenvalue weighted by Crippen LogP contribution is -2.53. The number of nitrogens with one attached hydrogen (secondary N) is 1. The Kier molecular flexibility index (Phi) is 4.21. The fraction of sp³-hybridized carbons (Fsp3) is 0.550. The molecular formula is C20H27N5O. The van der Waals surface area contributed by atoms with E-state index in [0.29, 0.717) is 5.92 Å². The summed E-state index contributed by atoms with van der Waals surface area (Å²) in [5, 5.41) is 6.84. The summed E-state index contributed by atoms with van der Waals surface area (Å²) in [6.07, 6.45) is 2.48. The van der Waals surface area contributed by atoms with Crippen molar-refractivity contribution in [3.8, 4) is 0 Å². The zero-order valence-electron chi connectivity index (χ0n) is 15.8. The van der Waals surface area contributed by atoms with Crippen LogP contribution in [0.15, 0.2) is 30.6 Å². The third kappa shape index (κ3) is 3.20. The first-order chi connectivity index (χ1) is 12.4. The summed E-state index contributed by atoms with van der Waals surface area (Å²) < 4.78 is 0. The molecule has 2 saturated heterocycles. The molecule has 0 bridgehead atoms. The molecule has 6 nitrogen and oxygen atoms in total. The maximum atomic E-state index is 12.7. The zero-order chi connectivity index (χ0) is 18.3. The number of carbonyl (C=O) groups is 1. The van der Waals surface area contributed by atoms with Crippen LogP contribution in [-0.4, -0.2) is 57.2 Å². The van der Waals surface area contributed by atoms with E-state index in [9.17, 15) is 4.79 Å². The van der Waals surface area contributed by atoms with Crippen LogP contribution in [0, 0.1) is 0 Å². The van der Waals surface area contributed by atoms with Gasteiger partial charge in [0.05, 0.1) is 0 Å². The van der Waals surface area contributed by atoms with Crippen LogP contribution in [0.2, 0.25) is 0 Å². The molecule has 1 unspecified atom stereocenters. The number of benzene rings is 1. The fourth-order valence-corrected chi connectivity index (χ4v) is 3.87. The molecule has 2 aliphatic heterocycles. The fourth-order valence-electron chi connectivity index (χ4n) is 3.87. The summed E-state index contributed by atoms with van der Waals surface area (Å²) in [7, 11) is 0. The highest BCUT2D eigenvalue weighted by molar-refractivity contribution is 5.76. The van der Waals surface area contributed by atoms with Crippen LogP contribution in [0.4, 0.5) is 4.79 Å². The Hall–Kier alpha value is -2.37. The van der Waals surface area contributed by atoms with E-state index in [-0.39, 0.29) is 17.4 Å². The molecule has 1 N–H and O–H groups in total. The van der Waals surface area contributed by atoms with Crippen molar-refractivity contribution in [3.63, 3.8) is 0 Å². The van der Waals surface area contributed by atoms with Crippen molar-refractivity contribution >= 4 is 6.03 Å². The lowest BCUT2D eigenvalue weighted by atomic mass is 9.84. The van der Waals surface area contributed by atoms with Gasteiger partial charge in [0.1, 0.15) is 12.2 Å². The molecule has 2 fully saturated rings. The molecule has 1 atom stereocenters. The molecule has 6 heteroatoms. The summed E-state index contributed by atoms with van der Waals surface area (Å²) >= 11 is 0. The molecule has 0 aliphatic carbocycles. The van der Waals surface area contributed by atoms with Crippen molar-refractivity contribution in [1.82, 2.24) is 25.0 Å². The van der Waals surface area contributed by atoms with Gasteiger partial charge in [-0.1, -0.05) is 45.0 Å². The lowest BCUT2D eigenvalue weighted by molar-refractivity contribution is 0.121. The predicted octanol–water partition coefficient (Wildman–Crippen LogP) is 3.11. The highest BCUT2D eigenvalue weighted by atomic mass is 16.2. The Morgan fingerprint density at radius 2 is 1.77 bits per heavy atom. The standard InChI is InChI=1S/C20H27N5O/c1-20(2,3)17-6-4-14(5-7-17)16-11-25(12-16)19(26)24-9-8-15(10-24)18-21-13-22-23-18/h4-7,13,15-16H,8-12H2,1-3H3,(H,21,22,23). The first-order valence-corrected chi connectivity index (χ1v) is 9.41. The van der Waals surface area contributed by atoms with Crippen LogP contribution in [-0.2, 0) is 5.41 Å². The molecule has 0 radical (unpaired) electrons. The Morgan fingerprint density at radius 3 is 2.38 bits per heavy atom. The van der Waals surface area contributed by atoms with Gasteiger partial charge in [0.15, 0.2) is 0 Å². The van der Waals surface area contributed by atoms with Crippen molar-refractivity contribution in [2.45, 2.75) is 44.4 Å². The van der Waals surface area contributed by atoms with Crippen molar-refractivity contribution in [3.05, 3.63) is 47.5 Å². The molecule has 26 heavy (non-hydrogen) atoms. The van der Waals surface area contributed by atoms with Gasteiger partial charge in [0.25, 0.3) is 0 Å². The number of aromatic amines is 1. The Balaban J connectivity index is 1.31. The molecule has 2 amide bonds. The van der Waals surface area contributed by atoms with Crippen LogP contribution < -0.4 is 0 Å². The second-order valence-corrected chi connectivity index (χ2v) is 8.56. The molecule has 4 rings (SSSR count). The zero-order valence-corrected chi connectivity index (χ0v) is 15.8. The van der Waals surface area contributed by atoms with Gasteiger partial charge in [0, 0.05) is 38.0 Å². The van der Waals surface area contributed by atoms with E-state index in [1.54, 1.807) is 0 Å². The predicted molar refractivity (Wildman–Crippen MR) is 100 cm³/mol. The molecule has 2 aliphatic rings. The summed E-state index contributed by atoms with van der Waals surface area (Å²) in [6, 6.07) is 9.06. The topological polar surface area (TPSA) is 65.1 Å². The van der Waals surface area contributed by atoms with Crippen LogP contribution in [0.25, 0.3) is 0 Å². The molecule has 138 valence electrons. The minimum Gasteiger partial charge on any atom is -0.324 e. The van der Waals surface area contributed by atoms with Gasteiger partial charge < -0.3 is 9.80 Å². The van der Waals surface area contributed by atoms with Crippen LogP contribution in [0.1, 0.15) is 56.0 Å². The molecule has 0 spiro atoms. The Labute approximate surface area is 154 Å². The maximum Gasteiger partial charge on any atom is 0.320 e. The number of hydrogen-bond acceptors (Lipinski definition) is 3.